The third kappa shape index (κ3) is 0.959. The van der Waals surface area contributed by atoms with E-state index in [1.165, 1.54) is 12.8 Å². The first-order valence-corrected chi connectivity index (χ1v) is 4.67. The van der Waals surface area contributed by atoms with Gasteiger partial charge >= 0.3 is 0 Å². The van der Waals surface area contributed by atoms with Crippen LogP contribution in [0.2, 0.25) is 0 Å². The first kappa shape index (κ1) is 8.05. The normalized spacial score (nSPS) is 38.3. The fourth-order valence-electron chi connectivity index (χ4n) is 2.73. The molecule has 2 fully saturated rings. The van der Waals surface area contributed by atoms with Crippen LogP contribution in [0.4, 0.5) is 0 Å². The molecule has 0 aromatic carbocycles. The standard InChI is InChI=1S/C9H16N2O/c1-11(2)8-3-4-9(11)6-7(5-8)10-12/h8-9H,3-6H2,1-2H3/p+1. The minimum absolute atomic E-state index is 0.703. The summed E-state index contributed by atoms with van der Waals surface area (Å²) in [6, 6.07) is 1.41. The molecule has 12 heavy (non-hydrogen) atoms. The van der Waals surface area contributed by atoms with Crippen molar-refractivity contribution in [2.24, 2.45) is 5.16 Å². The molecule has 0 radical (unpaired) electrons. The largest absolute Gasteiger partial charge is 0.411 e. The van der Waals surface area contributed by atoms with Gasteiger partial charge in [0.1, 0.15) is 0 Å². The van der Waals surface area contributed by atoms with Crippen molar-refractivity contribution in [1.82, 2.24) is 0 Å². The lowest BCUT2D eigenvalue weighted by Gasteiger charge is -2.41. The molecule has 2 saturated heterocycles. The Labute approximate surface area is 73.3 Å². The molecule has 2 unspecified atom stereocenters. The lowest BCUT2D eigenvalue weighted by molar-refractivity contribution is -0.926. The van der Waals surface area contributed by atoms with Gasteiger partial charge in [-0.15, -0.1) is 0 Å². The maximum absolute atomic E-state index is 8.71. The highest BCUT2D eigenvalue weighted by Crippen LogP contribution is 2.38. The molecule has 2 rings (SSSR count). The molecule has 3 nitrogen and oxygen atoms in total. The van der Waals surface area contributed by atoms with Gasteiger partial charge in [0.15, 0.2) is 0 Å². The fourth-order valence-corrected chi connectivity index (χ4v) is 2.73. The zero-order valence-electron chi connectivity index (χ0n) is 7.82. The van der Waals surface area contributed by atoms with Gasteiger partial charge in [0.05, 0.1) is 31.9 Å². The summed E-state index contributed by atoms with van der Waals surface area (Å²) in [5.74, 6) is 0. The predicted octanol–water partition coefficient (Wildman–Crippen LogP) is 1.22. The molecule has 2 bridgehead atoms. The van der Waals surface area contributed by atoms with Gasteiger partial charge in [-0.1, -0.05) is 5.16 Å². The molecule has 0 amide bonds. The molecular formula is C9H17N2O+. The van der Waals surface area contributed by atoms with Gasteiger partial charge in [0, 0.05) is 25.7 Å². The van der Waals surface area contributed by atoms with Crippen LogP contribution in [0.5, 0.6) is 0 Å². The molecular weight excluding hydrogens is 152 g/mol. The Morgan fingerprint density at radius 1 is 1.25 bits per heavy atom. The van der Waals surface area contributed by atoms with Gasteiger partial charge in [-0.05, 0) is 0 Å². The molecule has 0 aromatic heterocycles. The molecule has 0 spiro atoms. The molecule has 0 saturated carbocycles. The minimum atomic E-state index is 0.703. The minimum Gasteiger partial charge on any atom is -0.411 e. The van der Waals surface area contributed by atoms with Crippen LogP contribution < -0.4 is 0 Å². The first-order chi connectivity index (χ1) is 5.64. The Kier molecular flexibility index (Phi) is 1.65. The Hall–Kier alpha value is -0.570. The second-order valence-corrected chi connectivity index (χ2v) is 4.59. The van der Waals surface area contributed by atoms with Crippen molar-refractivity contribution in [2.45, 2.75) is 37.8 Å². The molecule has 1 N–H and O–H groups in total. The third-order valence-electron chi connectivity index (χ3n) is 3.80. The van der Waals surface area contributed by atoms with E-state index in [-0.39, 0.29) is 0 Å². The van der Waals surface area contributed by atoms with E-state index in [2.05, 4.69) is 19.3 Å². The zero-order chi connectivity index (χ0) is 8.77. The maximum atomic E-state index is 8.71. The summed E-state index contributed by atoms with van der Waals surface area (Å²) >= 11 is 0. The van der Waals surface area contributed by atoms with E-state index in [0.29, 0.717) is 12.1 Å². The highest BCUT2D eigenvalue weighted by molar-refractivity contribution is 5.85. The van der Waals surface area contributed by atoms with Gasteiger partial charge < -0.3 is 9.69 Å². The summed E-state index contributed by atoms with van der Waals surface area (Å²) in [4.78, 5) is 0. The second-order valence-electron chi connectivity index (χ2n) is 4.59. The van der Waals surface area contributed by atoms with Crippen molar-refractivity contribution < 1.29 is 9.69 Å². The van der Waals surface area contributed by atoms with E-state index < -0.39 is 0 Å². The SMILES string of the molecule is C[N+]1(C)C2CCC1CC(=NO)C2. The van der Waals surface area contributed by atoms with Crippen LogP contribution in [-0.4, -0.2) is 41.6 Å². The third-order valence-corrected chi connectivity index (χ3v) is 3.80. The Morgan fingerprint density at radius 3 is 2.17 bits per heavy atom. The van der Waals surface area contributed by atoms with Crippen LogP contribution in [0, 0.1) is 0 Å². The van der Waals surface area contributed by atoms with Crippen molar-refractivity contribution in [2.75, 3.05) is 14.1 Å². The van der Waals surface area contributed by atoms with Gasteiger partial charge in [0.25, 0.3) is 0 Å². The number of quaternary nitrogens is 1. The fraction of sp³-hybridized carbons (Fsp3) is 0.889. The Balaban J connectivity index is 2.22. The summed E-state index contributed by atoms with van der Waals surface area (Å²) in [7, 11) is 4.60. The first-order valence-electron chi connectivity index (χ1n) is 4.67. The zero-order valence-corrected chi connectivity index (χ0v) is 7.82. The number of piperidine rings is 1. The molecule has 0 aliphatic carbocycles. The Morgan fingerprint density at radius 2 is 1.75 bits per heavy atom. The van der Waals surface area contributed by atoms with Gasteiger partial charge in [-0.2, -0.15) is 0 Å². The maximum Gasteiger partial charge on any atom is 0.0944 e. The number of hydrogen-bond donors (Lipinski definition) is 1. The summed E-state index contributed by atoms with van der Waals surface area (Å²) in [5, 5.41) is 12.1. The lowest BCUT2D eigenvalue weighted by Crippen LogP contribution is -2.54. The van der Waals surface area contributed by atoms with Crippen molar-refractivity contribution in [3.05, 3.63) is 0 Å². The molecule has 2 heterocycles. The van der Waals surface area contributed by atoms with Crippen LogP contribution >= 0.6 is 0 Å². The highest BCUT2D eigenvalue weighted by Gasteiger charge is 2.47. The van der Waals surface area contributed by atoms with E-state index >= 15 is 0 Å². The van der Waals surface area contributed by atoms with Gasteiger partial charge in [0.2, 0.25) is 0 Å². The average molecular weight is 169 g/mol. The number of rotatable bonds is 0. The van der Waals surface area contributed by atoms with Crippen LogP contribution in [0.25, 0.3) is 0 Å². The summed E-state index contributed by atoms with van der Waals surface area (Å²) < 4.78 is 1.14. The van der Waals surface area contributed by atoms with Crippen molar-refractivity contribution in [3.63, 3.8) is 0 Å². The summed E-state index contributed by atoms with van der Waals surface area (Å²) in [6.45, 7) is 0. The van der Waals surface area contributed by atoms with E-state index in [1.807, 2.05) is 0 Å². The summed E-state index contributed by atoms with van der Waals surface area (Å²) in [5.41, 5.74) is 1.01. The number of nitrogens with zero attached hydrogens (tertiary/aromatic N) is 2. The number of oxime groups is 1. The molecule has 68 valence electrons. The van der Waals surface area contributed by atoms with E-state index in [4.69, 9.17) is 5.21 Å². The van der Waals surface area contributed by atoms with Crippen molar-refractivity contribution in [1.29, 1.82) is 0 Å². The summed E-state index contributed by atoms with van der Waals surface area (Å²) in [6.07, 6.45) is 4.60. The van der Waals surface area contributed by atoms with Gasteiger partial charge in [-0.25, -0.2) is 0 Å². The number of hydrogen-bond acceptors (Lipinski definition) is 2. The smallest absolute Gasteiger partial charge is 0.0944 e. The number of fused-ring (bicyclic) bond motifs is 2. The quantitative estimate of drug-likeness (QED) is 0.330. The molecule has 3 heteroatoms. The highest BCUT2D eigenvalue weighted by atomic mass is 16.4. The monoisotopic (exact) mass is 169 g/mol. The predicted molar refractivity (Wildman–Crippen MR) is 47.4 cm³/mol. The van der Waals surface area contributed by atoms with Crippen LogP contribution in [0.15, 0.2) is 5.16 Å². The Bertz CT molecular complexity index is 205. The van der Waals surface area contributed by atoms with E-state index in [0.717, 1.165) is 23.0 Å². The van der Waals surface area contributed by atoms with Crippen molar-refractivity contribution in [3.8, 4) is 0 Å². The average Bonchev–Trinajstić information content (AvgIpc) is 2.29. The van der Waals surface area contributed by atoms with Crippen molar-refractivity contribution >= 4 is 5.71 Å². The molecule has 2 atom stereocenters. The van der Waals surface area contributed by atoms with Crippen LogP contribution in [0.3, 0.4) is 0 Å². The molecule has 2 aliphatic heterocycles. The van der Waals surface area contributed by atoms with Gasteiger partial charge in [-0.3, -0.25) is 0 Å². The van der Waals surface area contributed by atoms with Crippen LogP contribution in [0.1, 0.15) is 25.7 Å². The van der Waals surface area contributed by atoms with E-state index in [1.54, 1.807) is 0 Å². The second kappa shape index (κ2) is 2.46. The van der Waals surface area contributed by atoms with E-state index in [9.17, 15) is 0 Å². The molecule has 2 aliphatic rings. The topological polar surface area (TPSA) is 32.6 Å². The lowest BCUT2D eigenvalue weighted by atomic mass is 9.99. The molecule has 0 aromatic rings. The van der Waals surface area contributed by atoms with Crippen LogP contribution in [-0.2, 0) is 0 Å².